The number of nitrogens with zero attached hydrogens (tertiary/aromatic N) is 1. The van der Waals surface area contributed by atoms with Crippen molar-refractivity contribution in [1.29, 1.82) is 0 Å². The molecule has 1 amide bonds. The summed E-state index contributed by atoms with van der Waals surface area (Å²) in [5.74, 6) is -0.536. The number of rotatable bonds is 5. The van der Waals surface area contributed by atoms with Gasteiger partial charge in [0.15, 0.2) is 0 Å². The maximum atomic E-state index is 11.3. The number of amides is 1. The molecule has 1 atom stereocenters. The molecule has 1 saturated heterocycles. The third kappa shape index (κ3) is 4.58. The predicted octanol–water partition coefficient (Wildman–Crippen LogP) is -2.19. The van der Waals surface area contributed by atoms with E-state index >= 15 is 0 Å². The molecule has 1 fully saturated rings. The maximum absolute atomic E-state index is 11.3. The van der Waals surface area contributed by atoms with E-state index in [1.165, 1.54) is 10.6 Å². The standard InChI is InChI=1S/C9H20N4O3S/c1-17(15,16)13-4-2-7(3-5-13)12-6-8(10)9(11)14/h7-8,12H,2-6,10H2,1H3,(H2,11,14). The van der Waals surface area contributed by atoms with Gasteiger partial charge in [0.2, 0.25) is 15.9 Å². The first-order valence-corrected chi connectivity index (χ1v) is 7.39. The molecule has 0 saturated carbocycles. The Hall–Kier alpha value is -0.700. The molecule has 0 radical (unpaired) electrons. The Balaban J connectivity index is 2.31. The van der Waals surface area contributed by atoms with E-state index in [-0.39, 0.29) is 6.04 Å². The molecule has 100 valence electrons. The van der Waals surface area contributed by atoms with Gasteiger partial charge in [-0.2, -0.15) is 0 Å². The van der Waals surface area contributed by atoms with Crippen LogP contribution in [0.1, 0.15) is 12.8 Å². The Kier molecular flexibility index (Phi) is 4.87. The maximum Gasteiger partial charge on any atom is 0.235 e. The van der Waals surface area contributed by atoms with E-state index < -0.39 is 22.0 Å². The van der Waals surface area contributed by atoms with E-state index in [4.69, 9.17) is 11.5 Å². The van der Waals surface area contributed by atoms with Crippen LogP contribution in [-0.2, 0) is 14.8 Å². The summed E-state index contributed by atoms with van der Waals surface area (Å²) in [5.41, 5.74) is 10.5. The number of piperidine rings is 1. The summed E-state index contributed by atoms with van der Waals surface area (Å²) >= 11 is 0. The minimum absolute atomic E-state index is 0.193. The lowest BCUT2D eigenvalue weighted by Gasteiger charge is -2.31. The number of primary amides is 1. The molecule has 0 aromatic rings. The quantitative estimate of drug-likeness (QED) is 0.521. The van der Waals surface area contributed by atoms with Gasteiger partial charge in [0.05, 0.1) is 12.3 Å². The third-order valence-electron chi connectivity index (χ3n) is 2.91. The molecule has 0 bridgehead atoms. The Labute approximate surface area is 102 Å². The molecule has 1 aliphatic heterocycles. The van der Waals surface area contributed by atoms with E-state index in [1.54, 1.807) is 0 Å². The highest BCUT2D eigenvalue weighted by molar-refractivity contribution is 7.88. The van der Waals surface area contributed by atoms with Crippen LogP contribution >= 0.6 is 0 Å². The summed E-state index contributed by atoms with van der Waals surface area (Å²) in [6.07, 6.45) is 2.65. The van der Waals surface area contributed by atoms with E-state index in [9.17, 15) is 13.2 Å². The first-order chi connectivity index (χ1) is 7.80. The molecular weight excluding hydrogens is 244 g/mol. The van der Waals surface area contributed by atoms with Crippen molar-refractivity contribution in [2.75, 3.05) is 25.9 Å². The minimum atomic E-state index is -3.09. The van der Waals surface area contributed by atoms with Crippen molar-refractivity contribution in [3.8, 4) is 0 Å². The zero-order chi connectivity index (χ0) is 13.1. The first kappa shape index (κ1) is 14.4. The Morgan fingerprint density at radius 2 is 2.00 bits per heavy atom. The van der Waals surface area contributed by atoms with E-state index in [0.29, 0.717) is 19.6 Å². The fourth-order valence-electron chi connectivity index (χ4n) is 1.79. The van der Waals surface area contributed by atoms with Gasteiger partial charge in [0, 0.05) is 25.7 Å². The van der Waals surface area contributed by atoms with Gasteiger partial charge in [-0.15, -0.1) is 0 Å². The fourth-order valence-corrected chi connectivity index (χ4v) is 2.66. The summed E-state index contributed by atoms with van der Waals surface area (Å²) in [4.78, 5) is 10.7. The van der Waals surface area contributed by atoms with Crippen LogP contribution in [-0.4, -0.2) is 56.6 Å². The van der Waals surface area contributed by atoms with Crippen molar-refractivity contribution in [3.05, 3.63) is 0 Å². The number of hydrogen-bond acceptors (Lipinski definition) is 5. The van der Waals surface area contributed by atoms with Crippen molar-refractivity contribution in [2.24, 2.45) is 11.5 Å². The molecule has 1 unspecified atom stereocenters. The Morgan fingerprint density at radius 3 is 2.41 bits per heavy atom. The number of carbonyl (C=O) groups is 1. The molecule has 0 spiro atoms. The molecule has 1 rings (SSSR count). The number of nitrogens with one attached hydrogen (secondary N) is 1. The lowest BCUT2D eigenvalue weighted by atomic mass is 10.1. The normalized spacial score (nSPS) is 21.3. The summed E-state index contributed by atoms with van der Waals surface area (Å²) in [5, 5.41) is 3.13. The molecule has 1 heterocycles. The highest BCUT2D eigenvalue weighted by atomic mass is 32.2. The topological polar surface area (TPSA) is 119 Å². The van der Waals surface area contributed by atoms with E-state index in [0.717, 1.165) is 12.8 Å². The van der Waals surface area contributed by atoms with Crippen molar-refractivity contribution < 1.29 is 13.2 Å². The minimum Gasteiger partial charge on any atom is -0.368 e. The van der Waals surface area contributed by atoms with Crippen molar-refractivity contribution in [3.63, 3.8) is 0 Å². The van der Waals surface area contributed by atoms with Gasteiger partial charge in [-0.3, -0.25) is 4.79 Å². The number of sulfonamides is 1. The van der Waals surface area contributed by atoms with Gasteiger partial charge in [0.1, 0.15) is 0 Å². The number of carbonyl (C=O) groups excluding carboxylic acids is 1. The summed E-state index contributed by atoms with van der Waals surface area (Å²) < 4.78 is 24.0. The summed E-state index contributed by atoms with van der Waals surface area (Å²) in [7, 11) is -3.09. The van der Waals surface area contributed by atoms with Crippen molar-refractivity contribution in [1.82, 2.24) is 9.62 Å². The predicted molar refractivity (Wildman–Crippen MR) is 64.6 cm³/mol. The van der Waals surface area contributed by atoms with Crippen molar-refractivity contribution >= 4 is 15.9 Å². The van der Waals surface area contributed by atoms with Crippen LogP contribution in [0.25, 0.3) is 0 Å². The van der Waals surface area contributed by atoms with Gasteiger partial charge < -0.3 is 16.8 Å². The van der Waals surface area contributed by atoms with Crippen LogP contribution < -0.4 is 16.8 Å². The van der Waals surface area contributed by atoms with Crippen LogP contribution in [0, 0.1) is 0 Å². The average molecular weight is 264 g/mol. The van der Waals surface area contributed by atoms with Crippen molar-refractivity contribution in [2.45, 2.75) is 24.9 Å². The van der Waals surface area contributed by atoms with Gasteiger partial charge in [-0.05, 0) is 12.8 Å². The second-order valence-corrected chi connectivity index (χ2v) is 6.34. The highest BCUT2D eigenvalue weighted by Gasteiger charge is 2.25. The lowest BCUT2D eigenvalue weighted by Crippen LogP contribution is -2.50. The van der Waals surface area contributed by atoms with E-state index in [1.807, 2.05) is 0 Å². The Morgan fingerprint density at radius 1 is 1.47 bits per heavy atom. The molecule has 1 aliphatic rings. The van der Waals surface area contributed by atoms with Gasteiger partial charge >= 0.3 is 0 Å². The summed E-state index contributed by atoms with van der Waals surface area (Å²) in [6.45, 7) is 1.34. The molecule has 0 aromatic heterocycles. The third-order valence-corrected chi connectivity index (χ3v) is 4.22. The molecule has 0 aliphatic carbocycles. The first-order valence-electron chi connectivity index (χ1n) is 5.54. The smallest absolute Gasteiger partial charge is 0.235 e. The monoisotopic (exact) mass is 264 g/mol. The SMILES string of the molecule is CS(=O)(=O)N1CCC(NCC(N)C(N)=O)CC1. The lowest BCUT2D eigenvalue weighted by molar-refractivity contribution is -0.119. The molecule has 0 aromatic carbocycles. The van der Waals surface area contributed by atoms with Crippen LogP contribution in [0.4, 0.5) is 0 Å². The van der Waals surface area contributed by atoms with Crippen LogP contribution in [0.5, 0.6) is 0 Å². The largest absolute Gasteiger partial charge is 0.368 e. The average Bonchev–Trinajstić information content (AvgIpc) is 2.25. The van der Waals surface area contributed by atoms with Crippen LogP contribution in [0.15, 0.2) is 0 Å². The van der Waals surface area contributed by atoms with E-state index in [2.05, 4.69) is 5.32 Å². The second kappa shape index (κ2) is 5.76. The molecule has 17 heavy (non-hydrogen) atoms. The second-order valence-electron chi connectivity index (χ2n) is 4.35. The van der Waals surface area contributed by atoms with Crippen LogP contribution in [0.2, 0.25) is 0 Å². The number of hydrogen-bond donors (Lipinski definition) is 3. The zero-order valence-electron chi connectivity index (χ0n) is 9.93. The molecular formula is C9H20N4O3S. The molecule has 5 N–H and O–H groups in total. The van der Waals surface area contributed by atoms with Gasteiger partial charge in [-0.25, -0.2) is 12.7 Å². The van der Waals surface area contributed by atoms with Gasteiger partial charge in [0.25, 0.3) is 0 Å². The Bertz CT molecular complexity index is 362. The van der Waals surface area contributed by atoms with Gasteiger partial charge in [-0.1, -0.05) is 0 Å². The number of nitrogens with two attached hydrogens (primary N) is 2. The van der Waals surface area contributed by atoms with Crippen LogP contribution in [0.3, 0.4) is 0 Å². The zero-order valence-corrected chi connectivity index (χ0v) is 10.7. The fraction of sp³-hybridized carbons (Fsp3) is 0.889. The summed E-state index contributed by atoms with van der Waals surface area (Å²) in [6, 6.07) is -0.499. The highest BCUT2D eigenvalue weighted by Crippen LogP contribution is 2.12. The molecule has 8 heteroatoms. The molecule has 7 nitrogen and oxygen atoms in total.